The zero-order valence-electron chi connectivity index (χ0n) is 14.1. The summed E-state index contributed by atoms with van der Waals surface area (Å²) in [5.74, 6) is -0.732. The Kier molecular flexibility index (Phi) is 4.05. The highest BCUT2D eigenvalue weighted by Gasteiger charge is 2.42. The fourth-order valence-electron chi connectivity index (χ4n) is 3.50. The molecule has 0 amide bonds. The number of rotatable bonds is 3. The lowest BCUT2D eigenvalue weighted by Gasteiger charge is -2.25. The van der Waals surface area contributed by atoms with Crippen molar-refractivity contribution in [2.24, 2.45) is 0 Å². The fourth-order valence-corrected chi connectivity index (χ4v) is 5.13. The van der Waals surface area contributed by atoms with Crippen LogP contribution in [0.15, 0.2) is 71.6 Å². The molecule has 0 radical (unpaired) electrons. The normalized spacial score (nSPS) is 17.0. The maximum atomic E-state index is 13.3. The molecule has 0 bridgehead atoms. The molecule has 7 heteroatoms. The third-order valence-corrected chi connectivity index (χ3v) is 6.56. The van der Waals surface area contributed by atoms with Crippen LogP contribution in [-0.4, -0.2) is 28.0 Å². The number of hydrogen-bond donors (Lipinski definition) is 3. The van der Waals surface area contributed by atoms with Gasteiger partial charge in [0.1, 0.15) is 22.1 Å². The average Bonchev–Trinajstić information content (AvgIpc) is 3.04. The highest BCUT2D eigenvalue weighted by molar-refractivity contribution is 7.89. The lowest BCUT2D eigenvalue weighted by atomic mass is 9.98. The molecule has 0 saturated carbocycles. The topological polar surface area (TPSA) is 98.1 Å². The Labute approximate surface area is 156 Å². The van der Waals surface area contributed by atoms with Crippen molar-refractivity contribution in [1.82, 2.24) is 4.31 Å². The van der Waals surface area contributed by atoms with Gasteiger partial charge in [-0.3, -0.25) is 0 Å². The van der Waals surface area contributed by atoms with Crippen molar-refractivity contribution in [3.63, 3.8) is 0 Å². The van der Waals surface area contributed by atoms with Gasteiger partial charge in [-0.15, -0.1) is 0 Å². The second-order valence-corrected chi connectivity index (χ2v) is 8.22. The molecule has 1 unspecified atom stereocenters. The predicted molar refractivity (Wildman–Crippen MR) is 98.9 cm³/mol. The minimum absolute atomic E-state index is 0.0222. The first-order valence-electron chi connectivity index (χ1n) is 8.29. The molecule has 3 aromatic carbocycles. The zero-order valence-corrected chi connectivity index (χ0v) is 15.0. The highest BCUT2D eigenvalue weighted by atomic mass is 32.2. The summed E-state index contributed by atoms with van der Waals surface area (Å²) in [7, 11) is -4.11. The molecule has 3 N–H and O–H groups in total. The highest BCUT2D eigenvalue weighted by Crippen LogP contribution is 2.46. The second-order valence-electron chi connectivity index (χ2n) is 6.37. The maximum Gasteiger partial charge on any atom is 0.247 e. The van der Waals surface area contributed by atoms with Gasteiger partial charge >= 0.3 is 0 Å². The molecule has 1 aliphatic heterocycles. The Hall–Kier alpha value is -3.03. The molecule has 1 atom stereocenters. The van der Waals surface area contributed by atoms with Crippen molar-refractivity contribution in [2.75, 3.05) is 0 Å². The molecule has 0 fully saturated rings. The molecule has 0 spiro atoms. The molecule has 138 valence electrons. The van der Waals surface area contributed by atoms with Gasteiger partial charge in [0.25, 0.3) is 0 Å². The van der Waals surface area contributed by atoms with Gasteiger partial charge in [0.15, 0.2) is 0 Å². The summed E-state index contributed by atoms with van der Waals surface area (Å²) in [5, 5.41) is 30.0. The first-order chi connectivity index (χ1) is 12.9. The number of aromatic hydroxyl groups is 3. The number of sulfonamides is 1. The van der Waals surface area contributed by atoms with Gasteiger partial charge in [0.2, 0.25) is 10.0 Å². The quantitative estimate of drug-likeness (QED) is 0.646. The number of fused-ring (bicyclic) bond motifs is 1. The number of phenols is 3. The number of benzene rings is 3. The van der Waals surface area contributed by atoms with E-state index in [2.05, 4.69) is 0 Å². The van der Waals surface area contributed by atoms with E-state index < -0.39 is 21.8 Å². The van der Waals surface area contributed by atoms with Crippen LogP contribution in [0.4, 0.5) is 0 Å². The van der Waals surface area contributed by atoms with Crippen LogP contribution < -0.4 is 0 Å². The Morgan fingerprint density at radius 3 is 2.30 bits per heavy atom. The van der Waals surface area contributed by atoms with Gasteiger partial charge in [0, 0.05) is 18.2 Å². The van der Waals surface area contributed by atoms with Crippen LogP contribution in [-0.2, 0) is 16.6 Å². The monoisotopic (exact) mass is 383 g/mol. The van der Waals surface area contributed by atoms with Crippen LogP contribution in [0.25, 0.3) is 0 Å². The third-order valence-electron chi connectivity index (χ3n) is 4.71. The number of hydrogen-bond acceptors (Lipinski definition) is 5. The van der Waals surface area contributed by atoms with Crippen LogP contribution in [0.2, 0.25) is 0 Å². The van der Waals surface area contributed by atoms with E-state index in [9.17, 15) is 23.7 Å². The zero-order chi connectivity index (χ0) is 19.2. The van der Waals surface area contributed by atoms with Crippen LogP contribution in [0, 0.1) is 0 Å². The molecule has 27 heavy (non-hydrogen) atoms. The van der Waals surface area contributed by atoms with E-state index in [-0.39, 0.29) is 22.9 Å². The largest absolute Gasteiger partial charge is 0.508 e. The van der Waals surface area contributed by atoms with Crippen molar-refractivity contribution < 1.29 is 23.7 Å². The summed E-state index contributed by atoms with van der Waals surface area (Å²) in [6.07, 6.45) is 0. The van der Waals surface area contributed by atoms with Gasteiger partial charge in [-0.2, -0.15) is 4.31 Å². The fraction of sp³-hybridized carbons (Fsp3) is 0.100. The van der Waals surface area contributed by atoms with Crippen molar-refractivity contribution >= 4 is 10.0 Å². The molecular formula is C20H17NO5S. The standard InChI is InChI=1S/C20H17NO5S/c22-15-9-10-18(17(24)11-15)27(25,26)21-12-14-7-4-8-16(23)19(14)20(21)13-5-2-1-3-6-13/h1-11,20,22-24H,12H2. The molecule has 0 aromatic heterocycles. The van der Waals surface area contributed by atoms with E-state index in [0.717, 1.165) is 6.07 Å². The molecule has 1 aliphatic rings. The maximum absolute atomic E-state index is 13.3. The minimum Gasteiger partial charge on any atom is -0.508 e. The lowest BCUT2D eigenvalue weighted by Crippen LogP contribution is -2.30. The molecule has 0 saturated heterocycles. The smallest absolute Gasteiger partial charge is 0.247 e. The van der Waals surface area contributed by atoms with Crippen LogP contribution >= 0.6 is 0 Å². The van der Waals surface area contributed by atoms with E-state index in [0.29, 0.717) is 16.7 Å². The summed E-state index contributed by atoms with van der Waals surface area (Å²) >= 11 is 0. The molecular weight excluding hydrogens is 366 g/mol. The summed E-state index contributed by atoms with van der Waals surface area (Å²) in [6.45, 7) is 0.0615. The Bertz CT molecular complexity index is 1110. The van der Waals surface area contributed by atoms with Crippen molar-refractivity contribution in [3.8, 4) is 17.2 Å². The van der Waals surface area contributed by atoms with Gasteiger partial charge in [-0.05, 0) is 29.3 Å². The molecule has 0 aliphatic carbocycles. The second kappa shape index (κ2) is 6.29. The molecule has 4 rings (SSSR count). The molecule has 6 nitrogen and oxygen atoms in total. The number of nitrogens with zero attached hydrogens (tertiary/aromatic N) is 1. The van der Waals surface area contributed by atoms with E-state index in [1.165, 1.54) is 22.5 Å². The van der Waals surface area contributed by atoms with E-state index in [4.69, 9.17) is 0 Å². The van der Waals surface area contributed by atoms with Gasteiger partial charge in [0.05, 0.1) is 6.04 Å². The van der Waals surface area contributed by atoms with Crippen molar-refractivity contribution in [1.29, 1.82) is 0 Å². The molecule has 3 aromatic rings. The van der Waals surface area contributed by atoms with Gasteiger partial charge in [-0.1, -0.05) is 42.5 Å². The van der Waals surface area contributed by atoms with Gasteiger partial charge in [-0.25, -0.2) is 8.42 Å². The predicted octanol–water partition coefficient (Wildman–Crippen LogP) is 3.10. The van der Waals surface area contributed by atoms with E-state index in [1.807, 2.05) is 6.07 Å². The molecule has 1 heterocycles. The van der Waals surface area contributed by atoms with Crippen LogP contribution in [0.5, 0.6) is 17.2 Å². The summed E-state index contributed by atoms with van der Waals surface area (Å²) in [5.41, 5.74) is 1.94. The first kappa shape index (κ1) is 17.4. The summed E-state index contributed by atoms with van der Waals surface area (Å²) < 4.78 is 27.9. The lowest BCUT2D eigenvalue weighted by molar-refractivity contribution is 0.375. The summed E-state index contributed by atoms with van der Waals surface area (Å²) in [4.78, 5) is -0.298. The average molecular weight is 383 g/mol. The third kappa shape index (κ3) is 2.81. The Morgan fingerprint density at radius 1 is 0.852 bits per heavy atom. The van der Waals surface area contributed by atoms with E-state index in [1.54, 1.807) is 36.4 Å². The number of phenolic OH excluding ortho intramolecular Hbond substituents is 3. The first-order valence-corrected chi connectivity index (χ1v) is 9.73. The Balaban J connectivity index is 1.90. The SMILES string of the molecule is O=S(=O)(c1ccc(O)cc1O)N1Cc2cccc(O)c2C1c1ccccc1. The minimum atomic E-state index is -4.11. The van der Waals surface area contributed by atoms with Crippen molar-refractivity contribution in [3.05, 3.63) is 83.4 Å². The Morgan fingerprint density at radius 2 is 1.59 bits per heavy atom. The van der Waals surface area contributed by atoms with Crippen LogP contribution in [0.3, 0.4) is 0 Å². The summed E-state index contributed by atoms with van der Waals surface area (Å²) in [6, 6.07) is 16.7. The van der Waals surface area contributed by atoms with Crippen molar-refractivity contribution in [2.45, 2.75) is 17.5 Å². The van der Waals surface area contributed by atoms with Crippen LogP contribution in [0.1, 0.15) is 22.7 Å². The van der Waals surface area contributed by atoms with Gasteiger partial charge < -0.3 is 15.3 Å². The van der Waals surface area contributed by atoms with E-state index >= 15 is 0 Å².